The first-order chi connectivity index (χ1) is 5.68. The Balaban J connectivity index is 2.24. The minimum atomic E-state index is 0.788. The van der Waals surface area contributed by atoms with Gasteiger partial charge in [0.05, 0.1) is 0 Å². The van der Waals surface area contributed by atoms with Crippen LogP contribution in [0.4, 0.5) is 0 Å². The number of aromatic nitrogens is 1. The van der Waals surface area contributed by atoms with Crippen LogP contribution in [0.5, 0.6) is 0 Å². The van der Waals surface area contributed by atoms with E-state index in [1.165, 1.54) is 10.8 Å². The van der Waals surface area contributed by atoms with Crippen molar-refractivity contribution in [3.05, 3.63) is 16.1 Å². The Hall–Kier alpha value is -0.0200. The fourth-order valence-corrected chi connectivity index (χ4v) is 2.76. The van der Waals surface area contributed by atoms with Crippen molar-refractivity contribution in [2.24, 2.45) is 5.92 Å². The number of thiazole rings is 1. The van der Waals surface area contributed by atoms with Crippen LogP contribution >= 0.6 is 23.1 Å². The van der Waals surface area contributed by atoms with Crippen LogP contribution in [0.25, 0.3) is 0 Å². The predicted octanol–water partition coefficient (Wildman–Crippen LogP) is 3.34. The first kappa shape index (κ1) is 10.1. The maximum absolute atomic E-state index is 4.41. The van der Waals surface area contributed by atoms with Crippen LogP contribution < -0.4 is 0 Å². The summed E-state index contributed by atoms with van der Waals surface area (Å²) in [5, 5.41) is 3.38. The number of aryl methyl sites for hydroxylation is 1. The van der Waals surface area contributed by atoms with Gasteiger partial charge in [-0.05, 0) is 18.6 Å². The van der Waals surface area contributed by atoms with Crippen LogP contribution in [0.15, 0.2) is 5.38 Å². The summed E-state index contributed by atoms with van der Waals surface area (Å²) >= 11 is 3.74. The standard InChI is InChI=1S/C9H15NS2/c1-7(2)4-11-6-9-10-8(3)5-12-9/h5,7H,4,6H2,1-3H3. The highest BCUT2D eigenvalue weighted by molar-refractivity contribution is 7.98. The largest absolute Gasteiger partial charge is 0.246 e. The smallest absolute Gasteiger partial charge is 0.103 e. The van der Waals surface area contributed by atoms with Crippen LogP contribution in [0.3, 0.4) is 0 Å². The molecule has 0 spiro atoms. The molecule has 0 radical (unpaired) electrons. The summed E-state index contributed by atoms with van der Waals surface area (Å²) < 4.78 is 0. The molecule has 1 aromatic rings. The topological polar surface area (TPSA) is 12.9 Å². The van der Waals surface area contributed by atoms with Crippen molar-refractivity contribution in [2.45, 2.75) is 26.5 Å². The van der Waals surface area contributed by atoms with E-state index in [9.17, 15) is 0 Å². The third-order valence-corrected chi connectivity index (χ3v) is 3.87. The molecule has 12 heavy (non-hydrogen) atoms. The molecule has 0 aliphatic carbocycles. The number of nitrogens with zero attached hydrogens (tertiary/aromatic N) is 1. The molecule has 0 unspecified atom stereocenters. The minimum absolute atomic E-state index is 0.788. The maximum atomic E-state index is 4.41. The molecule has 0 aliphatic heterocycles. The molecule has 0 atom stereocenters. The zero-order valence-electron chi connectivity index (χ0n) is 7.83. The molecule has 0 N–H and O–H groups in total. The van der Waals surface area contributed by atoms with Crippen molar-refractivity contribution in [1.82, 2.24) is 4.98 Å². The van der Waals surface area contributed by atoms with Gasteiger partial charge in [0.25, 0.3) is 0 Å². The number of hydrogen-bond donors (Lipinski definition) is 0. The molecule has 1 heterocycles. The molecule has 0 fully saturated rings. The fourth-order valence-electron chi connectivity index (χ4n) is 0.851. The molecule has 0 saturated heterocycles. The van der Waals surface area contributed by atoms with Gasteiger partial charge in [-0.1, -0.05) is 13.8 Å². The van der Waals surface area contributed by atoms with Crippen molar-refractivity contribution >= 4 is 23.1 Å². The minimum Gasteiger partial charge on any atom is -0.246 e. The quantitative estimate of drug-likeness (QED) is 0.741. The highest BCUT2D eigenvalue weighted by atomic mass is 32.2. The van der Waals surface area contributed by atoms with Gasteiger partial charge in [-0.3, -0.25) is 0 Å². The van der Waals surface area contributed by atoms with Crippen molar-refractivity contribution in [3.63, 3.8) is 0 Å². The van der Waals surface area contributed by atoms with E-state index in [0.717, 1.165) is 17.4 Å². The summed E-state index contributed by atoms with van der Waals surface area (Å²) in [5.74, 6) is 3.10. The van der Waals surface area contributed by atoms with Gasteiger partial charge < -0.3 is 0 Å². The SMILES string of the molecule is Cc1csc(CSCC(C)C)n1. The third-order valence-electron chi connectivity index (χ3n) is 1.34. The molecule has 0 aromatic carbocycles. The highest BCUT2D eigenvalue weighted by Gasteiger charge is 1.99. The summed E-state index contributed by atoms with van der Waals surface area (Å²) in [6.45, 7) is 6.55. The Labute approximate surface area is 82.6 Å². The van der Waals surface area contributed by atoms with E-state index >= 15 is 0 Å². The molecule has 1 nitrogen and oxygen atoms in total. The zero-order chi connectivity index (χ0) is 8.97. The van der Waals surface area contributed by atoms with Gasteiger partial charge >= 0.3 is 0 Å². The lowest BCUT2D eigenvalue weighted by Crippen LogP contribution is -1.91. The van der Waals surface area contributed by atoms with Gasteiger partial charge in [0, 0.05) is 16.8 Å². The highest BCUT2D eigenvalue weighted by Crippen LogP contribution is 2.18. The number of rotatable bonds is 4. The lowest BCUT2D eigenvalue weighted by molar-refractivity contribution is 0.750. The average Bonchev–Trinajstić information content (AvgIpc) is 2.35. The Bertz CT molecular complexity index is 230. The Kier molecular flexibility index (Phi) is 4.09. The van der Waals surface area contributed by atoms with Crippen molar-refractivity contribution in [2.75, 3.05) is 5.75 Å². The van der Waals surface area contributed by atoms with E-state index in [2.05, 4.69) is 24.2 Å². The molecular formula is C9H15NS2. The molecule has 1 aromatic heterocycles. The molecule has 0 amide bonds. The van der Waals surface area contributed by atoms with Gasteiger partial charge in [0.2, 0.25) is 0 Å². The molecular weight excluding hydrogens is 186 g/mol. The molecule has 0 aliphatic rings. The zero-order valence-corrected chi connectivity index (χ0v) is 9.47. The van der Waals surface area contributed by atoms with Gasteiger partial charge in [0.15, 0.2) is 0 Å². The Morgan fingerprint density at radius 1 is 1.58 bits per heavy atom. The van der Waals surface area contributed by atoms with E-state index in [0.29, 0.717) is 0 Å². The second kappa shape index (κ2) is 4.87. The summed E-state index contributed by atoms with van der Waals surface area (Å²) in [7, 11) is 0. The van der Waals surface area contributed by atoms with E-state index in [1.807, 2.05) is 18.7 Å². The second-order valence-corrected chi connectivity index (χ2v) is 5.26. The predicted molar refractivity (Wildman–Crippen MR) is 57.9 cm³/mol. The van der Waals surface area contributed by atoms with Gasteiger partial charge in [-0.25, -0.2) is 4.98 Å². The summed E-state index contributed by atoms with van der Waals surface area (Å²) in [6.07, 6.45) is 0. The third kappa shape index (κ3) is 3.59. The van der Waals surface area contributed by atoms with Gasteiger partial charge in [-0.15, -0.1) is 11.3 Å². The van der Waals surface area contributed by atoms with Gasteiger partial charge in [0.1, 0.15) is 5.01 Å². The number of thioether (sulfide) groups is 1. The maximum Gasteiger partial charge on any atom is 0.103 e. The number of hydrogen-bond acceptors (Lipinski definition) is 3. The van der Waals surface area contributed by atoms with Gasteiger partial charge in [-0.2, -0.15) is 11.8 Å². The summed E-state index contributed by atoms with van der Waals surface area (Å²) in [5.41, 5.74) is 1.15. The van der Waals surface area contributed by atoms with E-state index < -0.39 is 0 Å². The first-order valence-electron chi connectivity index (χ1n) is 4.17. The van der Waals surface area contributed by atoms with Crippen molar-refractivity contribution < 1.29 is 0 Å². The van der Waals surface area contributed by atoms with Crippen LogP contribution in [0.1, 0.15) is 24.5 Å². The van der Waals surface area contributed by atoms with E-state index in [-0.39, 0.29) is 0 Å². The molecule has 0 bridgehead atoms. The van der Waals surface area contributed by atoms with E-state index in [4.69, 9.17) is 0 Å². The van der Waals surface area contributed by atoms with Crippen LogP contribution in [-0.4, -0.2) is 10.7 Å². The van der Waals surface area contributed by atoms with Crippen LogP contribution in [0, 0.1) is 12.8 Å². The first-order valence-corrected chi connectivity index (χ1v) is 6.20. The van der Waals surface area contributed by atoms with Crippen molar-refractivity contribution in [1.29, 1.82) is 0 Å². The Morgan fingerprint density at radius 2 is 2.33 bits per heavy atom. The molecule has 1 rings (SSSR count). The monoisotopic (exact) mass is 201 g/mol. The molecule has 3 heteroatoms. The normalized spacial score (nSPS) is 11.0. The molecule has 0 saturated carbocycles. The second-order valence-electron chi connectivity index (χ2n) is 3.29. The lowest BCUT2D eigenvalue weighted by Gasteiger charge is -2.01. The van der Waals surface area contributed by atoms with Crippen LogP contribution in [0.2, 0.25) is 0 Å². The van der Waals surface area contributed by atoms with E-state index in [1.54, 1.807) is 11.3 Å². The van der Waals surface area contributed by atoms with Crippen molar-refractivity contribution in [3.8, 4) is 0 Å². The van der Waals surface area contributed by atoms with Crippen LogP contribution in [-0.2, 0) is 5.75 Å². The summed E-state index contributed by atoms with van der Waals surface area (Å²) in [6, 6.07) is 0. The molecule has 68 valence electrons. The summed E-state index contributed by atoms with van der Waals surface area (Å²) in [4.78, 5) is 4.41. The average molecular weight is 201 g/mol. The Morgan fingerprint density at radius 3 is 2.83 bits per heavy atom. The lowest BCUT2D eigenvalue weighted by atomic mass is 10.3. The fraction of sp³-hybridized carbons (Fsp3) is 0.667.